The second kappa shape index (κ2) is 10.6. The molecule has 23 heavy (non-hydrogen) atoms. The lowest BCUT2D eigenvalue weighted by Gasteiger charge is -2.10. The zero-order chi connectivity index (χ0) is 15.8. The molecule has 2 rings (SSSR count). The minimum absolute atomic E-state index is 0. The van der Waals surface area contributed by atoms with E-state index >= 15 is 0 Å². The Morgan fingerprint density at radius 3 is 2.83 bits per heavy atom. The highest BCUT2D eigenvalue weighted by Gasteiger charge is 2.05. The van der Waals surface area contributed by atoms with Crippen molar-refractivity contribution in [3.8, 4) is 0 Å². The fraction of sp³-hybridized carbons (Fsp3) is 0.500. The molecule has 0 fully saturated rings. The Labute approximate surface area is 159 Å². The van der Waals surface area contributed by atoms with Gasteiger partial charge in [0.15, 0.2) is 5.96 Å². The monoisotopic (exact) mass is 448 g/mol. The second-order valence-electron chi connectivity index (χ2n) is 5.27. The summed E-state index contributed by atoms with van der Waals surface area (Å²) in [6.45, 7) is 8.60. The highest BCUT2D eigenvalue weighted by Crippen LogP contribution is 2.18. The summed E-state index contributed by atoms with van der Waals surface area (Å²) in [6, 6.07) is 3.89. The van der Waals surface area contributed by atoms with E-state index in [1.807, 2.05) is 12.1 Å². The third-order valence-electron chi connectivity index (χ3n) is 3.12. The third kappa shape index (κ3) is 6.90. The van der Waals surface area contributed by atoms with Crippen molar-refractivity contribution in [1.29, 1.82) is 0 Å². The molecule has 0 atom stereocenters. The van der Waals surface area contributed by atoms with Gasteiger partial charge in [0, 0.05) is 24.9 Å². The molecule has 2 aromatic rings. The molecule has 0 aromatic carbocycles. The Bertz CT molecular complexity index is 581. The predicted octanol–water partition coefficient (Wildman–Crippen LogP) is 3.78. The van der Waals surface area contributed by atoms with Gasteiger partial charge in [0.1, 0.15) is 10.8 Å². The maximum atomic E-state index is 5.32. The van der Waals surface area contributed by atoms with E-state index in [-0.39, 0.29) is 24.0 Å². The standard InChI is InChI=1S/C16H24N4OS.HI/c1-4-17-16(18-8-7-13-6-5-9-21-13)19-10-15-20-14(11-22-15)12(2)3;/h5-6,9,11-12H,4,7-8,10H2,1-3H3,(H2,17,18,19);1H. The number of aliphatic imine (C=N–C) groups is 1. The fourth-order valence-corrected chi connectivity index (χ4v) is 2.79. The van der Waals surface area contributed by atoms with E-state index < -0.39 is 0 Å². The molecule has 5 nitrogen and oxygen atoms in total. The molecular formula is C16H25IN4OS. The maximum Gasteiger partial charge on any atom is 0.191 e. The van der Waals surface area contributed by atoms with Gasteiger partial charge in [0.2, 0.25) is 0 Å². The minimum atomic E-state index is 0. The molecule has 0 aliphatic rings. The van der Waals surface area contributed by atoms with Crippen molar-refractivity contribution in [2.24, 2.45) is 4.99 Å². The van der Waals surface area contributed by atoms with Gasteiger partial charge in [-0.1, -0.05) is 13.8 Å². The molecule has 0 amide bonds. The van der Waals surface area contributed by atoms with Crippen LogP contribution >= 0.6 is 35.3 Å². The number of nitrogens with one attached hydrogen (secondary N) is 2. The smallest absolute Gasteiger partial charge is 0.191 e. The summed E-state index contributed by atoms with van der Waals surface area (Å²) >= 11 is 1.67. The first-order valence-electron chi connectivity index (χ1n) is 7.68. The summed E-state index contributed by atoms with van der Waals surface area (Å²) in [4.78, 5) is 9.19. The quantitative estimate of drug-likeness (QED) is 0.385. The van der Waals surface area contributed by atoms with Crippen LogP contribution in [0.5, 0.6) is 0 Å². The first-order chi connectivity index (χ1) is 10.7. The first-order valence-corrected chi connectivity index (χ1v) is 8.56. The van der Waals surface area contributed by atoms with Gasteiger partial charge in [-0.05, 0) is 25.0 Å². The van der Waals surface area contributed by atoms with Crippen molar-refractivity contribution in [2.45, 2.75) is 39.7 Å². The van der Waals surface area contributed by atoms with Crippen LogP contribution in [0.3, 0.4) is 0 Å². The molecular weight excluding hydrogens is 423 g/mol. The van der Waals surface area contributed by atoms with E-state index in [0.29, 0.717) is 12.5 Å². The summed E-state index contributed by atoms with van der Waals surface area (Å²) in [5.74, 6) is 2.26. The van der Waals surface area contributed by atoms with E-state index in [1.54, 1.807) is 17.6 Å². The highest BCUT2D eigenvalue weighted by molar-refractivity contribution is 14.0. The van der Waals surface area contributed by atoms with Gasteiger partial charge in [0.25, 0.3) is 0 Å². The number of thiazole rings is 1. The van der Waals surface area contributed by atoms with Crippen LogP contribution < -0.4 is 10.6 Å². The zero-order valence-electron chi connectivity index (χ0n) is 13.8. The average molecular weight is 448 g/mol. The van der Waals surface area contributed by atoms with Crippen LogP contribution in [0.25, 0.3) is 0 Å². The van der Waals surface area contributed by atoms with Crippen molar-refractivity contribution in [3.05, 3.63) is 40.2 Å². The van der Waals surface area contributed by atoms with E-state index in [9.17, 15) is 0 Å². The van der Waals surface area contributed by atoms with Gasteiger partial charge in [0.05, 0.1) is 18.5 Å². The average Bonchev–Trinajstić information content (AvgIpc) is 3.16. The Hall–Kier alpha value is -1.09. The number of hydrogen-bond donors (Lipinski definition) is 2. The number of rotatable bonds is 7. The number of halogens is 1. The summed E-state index contributed by atoms with van der Waals surface area (Å²) in [5, 5.41) is 9.73. The van der Waals surface area contributed by atoms with Crippen LogP contribution in [0.4, 0.5) is 0 Å². The Morgan fingerprint density at radius 2 is 2.22 bits per heavy atom. The third-order valence-corrected chi connectivity index (χ3v) is 3.97. The molecule has 7 heteroatoms. The molecule has 0 radical (unpaired) electrons. The van der Waals surface area contributed by atoms with E-state index in [1.165, 1.54) is 0 Å². The number of furan rings is 1. The summed E-state index contributed by atoms with van der Waals surface area (Å²) in [7, 11) is 0. The molecule has 0 saturated heterocycles. The lowest BCUT2D eigenvalue weighted by atomic mass is 10.2. The fourth-order valence-electron chi connectivity index (χ4n) is 1.91. The molecule has 0 bridgehead atoms. The van der Waals surface area contributed by atoms with Crippen LogP contribution in [-0.2, 0) is 13.0 Å². The van der Waals surface area contributed by atoms with E-state index in [4.69, 9.17) is 4.42 Å². The number of guanidine groups is 1. The maximum absolute atomic E-state index is 5.32. The van der Waals surface area contributed by atoms with Crippen LogP contribution in [-0.4, -0.2) is 24.0 Å². The topological polar surface area (TPSA) is 62.5 Å². The van der Waals surface area contributed by atoms with Crippen LogP contribution in [0.2, 0.25) is 0 Å². The Morgan fingerprint density at radius 1 is 1.39 bits per heavy atom. The molecule has 0 aliphatic heterocycles. The highest BCUT2D eigenvalue weighted by atomic mass is 127. The van der Waals surface area contributed by atoms with Crippen molar-refractivity contribution in [2.75, 3.05) is 13.1 Å². The second-order valence-corrected chi connectivity index (χ2v) is 6.21. The number of nitrogens with zero attached hydrogens (tertiary/aromatic N) is 2. The van der Waals surface area contributed by atoms with Crippen LogP contribution in [0.1, 0.15) is 43.2 Å². The van der Waals surface area contributed by atoms with Gasteiger partial charge < -0.3 is 15.1 Å². The van der Waals surface area contributed by atoms with E-state index in [0.717, 1.165) is 41.9 Å². The summed E-state index contributed by atoms with van der Waals surface area (Å²) in [6.07, 6.45) is 2.54. The first kappa shape index (κ1) is 20.0. The van der Waals surface area contributed by atoms with Gasteiger partial charge in [-0.2, -0.15) is 0 Å². The molecule has 0 spiro atoms. The van der Waals surface area contributed by atoms with Crippen molar-refractivity contribution >= 4 is 41.3 Å². The van der Waals surface area contributed by atoms with Gasteiger partial charge >= 0.3 is 0 Å². The lowest BCUT2D eigenvalue weighted by Crippen LogP contribution is -2.38. The van der Waals surface area contributed by atoms with Gasteiger partial charge in [-0.15, -0.1) is 35.3 Å². The lowest BCUT2D eigenvalue weighted by molar-refractivity contribution is 0.507. The van der Waals surface area contributed by atoms with Crippen molar-refractivity contribution < 1.29 is 4.42 Å². The molecule has 0 saturated carbocycles. The van der Waals surface area contributed by atoms with Crippen molar-refractivity contribution in [3.63, 3.8) is 0 Å². The minimum Gasteiger partial charge on any atom is -0.469 e. The van der Waals surface area contributed by atoms with Crippen LogP contribution in [0, 0.1) is 0 Å². The molecule has 128 valence electrons. The predicted molar refractivity (Wildman–Crippen MR) is 107 cm³/mol. The van der Waals surface area contributed by atoms with Crippen molar-refractivity contribution in [1.82, 2.24) is 15.6 Å². The molecule has 2 N–H and O–H groups in total. The van der Waals surface area contributed by atoms with Crippen LogP contribution in [0.15, 0.2) is 33.2 Å². The SMILES string of the molecule is CCNC(=NCc1nc(C(C)C)cs1)NCCc1ccco1.I. The molecule has 0 unspecified atom stereocenters. The zero-order valence-corrected chi connectivity index (χ0v) is 17.0. The molecule has 2 heterocycles. The van der Waals surface area contributed by atoms with Gasteiger partial charge in [-0.25, -0.2) is 9.98 Å². The largest absolute Gasteiger partial charge is 0.469 e. The molecule has 0 aliphatic carbocycles. The van der Waals surface area contributed by atoms with E-state index in [2.05, 4.69) is 46.8 Å². The summed E-state index contributed by atoms with van der Waals surface area (Å²) in [5.41, 5.74) is 1.14. The van der Waals surface area contributed by atoms with Gasteiger partial charge in [-0.3, -0.25) is 0 Å². The summed E-state index contributed by atoms with van der Waals surface area (Å²) < 4.78 is 5.32. The molecule has 2 aromatic heterocycles. The Kier molecular flexibility index (Phi) is 9.23. The number of aromatic nitrogens is 1. The normalized spacial score (nSPS) is 11.4. The Balaban J connectivity index is 0.00000264. The number of hydrogen-bond acceptors (Lipinski definition) is 4.